The number of hydrogen-bond acceptors (Lipinski definition) is 3. The molecule has 0 radical (unpaired) electrons. The van der Waals surface area contributed by atoms with Gasteiger partial charge in [-0.25, -0.2) is 4.98 Å². The summed E-state index contributed by atoms with van der Waals surface area (Å²) in [6.07, 6.45) is 8.20. The average molecular weight is 422 g/mol. The van der Waals surface area contributed by atoms with Gasteiger partial charge in [-0.2, -0.15) is 0 Å². The van der Waals surface area contributed by atoms with Crippen LogP contribution in [0.4, 0.5) is 5.82 Å². The zero-order valence-electron chi connectivity index (χ0n) is 18.0. The summed E-state index contributed by atoms with van der Waals surface area (Å²) in [5.74, 6) is 0.909. The molecule has 0 saturated carbocycles. The Bertz CT molecular complexity index is 1280. The van der Waals surface area contributed by atoms with Crippen molar-refractivity contribution in [3.05, 3.63) is 120 Å². The third kappa shape index (κ3) is 4.43. The third-order valence-corrected chi connectivity index (χ3v) is 5.82. The fourth-order valence-electron chi connectivity index (χ4n) is 4.01. The number of rotatable bonds is 8. The molecular weight excluding hydrogens is 394 g/mol. The zero-order valence-corrected chi connectivity index (χ0v) is 18.0. The second-order valence-corrected chi connectivity index (χ2v) is 8.08. The van der Waals surface area contributed by atoms with Crippen molar-refractivity contribution in [2.24, 2.45) is 5.73 Å². The lowest BCUT2D eigenvalue weighted by Crippen LogP contribution is -2.03. The van der Waals surface area contributed by atoms with E-state index in [1.54, 1.807) is 0 Å². The summed E-state index contributed by atoms with van der Waals surface area (Å²) in [6, 6.07) is 25.6. The van der Waals surface area contributed by atoms with Crippen LogP contribution in [0.25, 0.3) is 10.9 Å². The molecule has 3 aromatic heterocycles. The van der Waals surface area contributed by atoms with Crippen LogP contribution < -0.4 is 11.1 Å². The standard InChI is InChI=1S/C27H27N5/c28-17-21-3-5-22(6-4-21)18-30-27-25-12-16-32(26(25)11-13-29-27)20-24-9-7-23(8-10-24)19-31-14-1-2-15-31/h1-16H,17-20,28H2,(H,29,30). The van der Waals surface area contributed by atoms with Crippen LogP contribution >= 0.6 is 0 Å². The molecule has 5 heteroatoms. The molecule has 0 bridgehead atoms. The predicted molar refractivity (Wildman–Crippen MR) is 130 cm³/mol. The first-order valence-corrected chi connectivity index (χ1v) is 10.9. The van der Waals surface area contributed by atoms with Crippen molar-refractivity contribution in [2.75, 3.05) is 5.32 Å². The van der Waals surface area contributed by atoms with Crippen molar-refractivity contribution in [2.45, 2.75) is 26.2 Å². The summed E-state index contributed by atoms with van der Waals surface area (Å²) in [7, 11) is 0. The molecule has 0 aliphatic heterocycles. The van der Waals surface area contributed by atoms with Gasteiger partial charge in [-0.15, -0.1) is 0 Å². The summed E-state index contributed by atoms with van der Waals surface area (Å²) < 4.78 is 4.46. The maximum Gasteiger partial charge on any atom is 0.135 e. The van der Waals surface area contributed by atoms with E-state index in [-0.39, 0.29) is 0 Å². The van der Waals surface area contributed by atoms with E-state index in [0.29, 0.717) is 6.54 Å². The van der Waals surface area contributed by atoms with E-state index in [1.807, 2.05) is 6.20 Å². The summed E-state index contributed by atoms with van der Waals surface area (Å²) in [6.45, 7) is 3.02. The molecule has 0 unspecified atom stereocenters. The molecule has 0 saturated heterocycles. The minimum Gasteiger partial charge on any atom is -0.365 e. The van der Waals surface area contributed by atoms with Gasteiger partial charge in [0.1, 0.15) is 5.82 Å². The lowest BCUT2D eigenvalue weighted by Gasteiger charge is -2.10. The van der Waals surface area contributed by atoms with E-state index in [4.69, 9.17) is 5.73 Å². The molecule has 0 fully saturated rings. The first kappa shape index (κ1) is 20.1. The minimum absolute atomic E-state index is 0.567. The smallest absolute Gasteiger partial charge is 0.135 e. The summed E-state index contributed by atoms with van der Waals surface area (Å²) >= 11 is 0. The molecule has 0 aliphatic rings. The second-order valence-electron chi connectivity index (χ2n) is 8.08. The number of nitrogens with one attached hydrogen (secondary N) is 1. The van der Waals surface area contributed by atoms with Crippen molar-refractivity contribution in [1.29, 1.82) is 0 Å². The molecule has 0 aliphatic carbocycles. The molecule has 0 spiro atoms. The molecule has 0 amide bonds. The Balaban J connectivity index is 1.29. The monoisotopic (exact) mass is 421 g/mol. The van der Waals surface area contributed by atoms with Crippen molar-refractivity contribution in [1.82, 2.24) is 14.1 Å². The van der Waals surface area contributed by atoms with Crippen molar-refractivity contribution < 1.29 is 0 Å². The molecule has 5 aromatic rings. The van der Waals surface area contributed by atoms with E-state index in [1.165, 1.54) is 22.2 Å². The van der Waals surface area contributed by atoms with Crippen LogP contribution in [-0.4, -0.2) is 14.1 Å². The topological polar surface area (TPSA) is 60.8 Å². The van der Waals surface area contributed by atoms with Crippen LogP contribution in [0.2, 0.25) is 0 Å². The van der Waals surface area contributed by atoms with Crippen molar-refractivity contribution in [3.63, 3.8) is 0 Å². The third-order valence-electron chi connectivity index (χ3n) is 5.82. The van der Waals surface area contributed by atoms with Crippen molar-refractivity contribution in [3.8, 4) is 0 Å². The van der Waals surface area contributed by atoms with E-state index in [2.05, 4.69) is 111 Å². The lowest BCUT2D eigenvalue weighted by atomic mass is 10.1. The molecule has 5 rings (SSSR count). The summed E-state index contributed by atoms with van der Waals surface area (Å²) in [5, 5.41) is 4.62. The van der Waals surface area contributed by atoms with Crippen LogP contribution in [0.1, 0.15) is 22.3 Å². The van der Waals surface area contributed by atoms with Gasteiger partial charge >= 0.3 is 0 Å². The average Bonchev–Trinajstić information content (AvgIpc) is 3.50. The SMILES string of the molecule is NCc1ccc(CNc2nccc3c2ccn3Cc2ccc(Cn3cccc3)cc2)cc1. The van der Waals surface area contributed by atoms with E-state index < -0.39 is 0 Å². The van der Waals surface area contributed by atoms with E-state index in [9.17, 15) is 0 Å². The highest BCUT2D eigenvalue weighted by Gasteiger charge is 2.08. The number of nitrogens with two attached hydrogens (primary N) is 1. The first-order valence-electron chi connectivity index (χ1n) is 10.9. The molecule has 32 heavy (non-hydrogen) atoms. The molecule has 3 heterocycles. The van der Waals surface area contributed by atoms with Gasteiger partial charge in [0.05, 0.1) is 5.52 Å². The van der Waals surface area contributed by atoms with E-state index >= 15 is 0 Å². The Labute approximate surface area is 188 Å². The largest absolute Gasteiger partial charge is 0.365 e. The van der Waals surface area contributed by atoms with Crippen LogP contribution in [0.15, 0.2) is 97.6 Å². The van der Waals surface area contributed by atoms with Crippen LogP contribution in [0.3, 0.4) is 0 Å². The Hall–Kier alpha value is -3.83. The fraction of sp³-hybridized carbons (Fsp3) is 0.148. The number of benzene rings is 2. The fourth-order valence-corrected chi connectivity index (χ4v) is 4.01. The van der Waals surface area contributed by atoms with Crippen LogP contribution in [0.5, 0.6) is 0 Å². The molecule has 0 atom stereocenters. The summed E-state index contributed by atoms with van der Waals surface area (Å²) in [4.78, 5) is 4.58. The van der Waals surface area contributed by atoms with Gasteiger partial charge in [0.15, 0.2) is 0 Å². The van der Waals surface area contributed by atoms with Gasteiger partial charge in [-0.3, -0.25) is 0 Å². The maximum atomic E-state index is 5.69. The van der Waals surface area contributed by atoms with E-state index in [0.717, 1.165) is 36.4 Å². The molecule has 160 valence electrons. The molecule has 2 aromatic carbocycles. The molecule has 3 N–H and O–H groups in total. The van der Waals surface area contributed by atoms with Gasteiger partial charge in [-0.05, 0) is 46.5 Å². The van der Waals surface area contributed by atoms with Crippen LogP contribution in [-0.2, 0) is 26.2 Å². The van der Waals surface area contributed by atoms with Gasteiger partial charge in [0.25, 0.3) is 0 Å². The summed E-state index contributed by atoms with van der Waals surface area (Å²) in [5.41, 5.74) is 11.8. The predicted octanol–water partition coefficient (Wildman–Crippen LogP) is 5.01. The van der Waals surface area contributed by atoms with Crippen molar-refractivity contribution >= 4 is 16.7 Å². The first-order chi connectivity index (χ1) is 15.8. The number of hydrogen-bond donors (Lipinski definition) is 2. The number of aromatic nitrogens is 3. The quantitative estimate of drug-likeness (QED) is 0.370. The molecular formula is C27H27N5. The minimum atomic E-state index is 0.567. The van der Waals surface area contributed by atoms with Gasteiger partial charge in [-0.1, -0.05) is 48.5 Å². The number of nitrogens with zero attached hydrogens (tertiary/aromatic N) is 3. The highest BCUT2D eigenvalue weighted by molar-refractivity contribution is 5.90. The van der Waals surface area contributed by atoms with Crippen LogP contribution in [0, 0.1) is 0 Å². The van der Waals surface area contributed by atoms with Gasteiger partial charge in [0.2, 0.25) is 0 Å². The Kier molecular flexibility index (Phi) is 5.73. The van der Waals surface area contributed by atoms with Gasteiger partial charge < -0.3 is 20.2 Å². The normalized spacial score (nSPS) is 11.2. The number of fused-ring (bicyclic) bond motifs is 1. The second kappa shape index (κ2) is 9.12. The number of pyridine rings is 1. The lowest BCUT2D eigenvalue weighted by molar-refractivity contribution is 0.801. The highest BCUT2D eigenvalue weighted by Crippen LogP contribution is 2.24. The highest BCUT2D eigenvalue weighted by atomic mass is 15.0. The Morgan fingerprint density at radius 2 is 1.38 bits per heavy atom. The molecule has 5 nitrogen and oxygen atoms in total. The Morgan fingerprint density at radius 3 is 2.09 bits per heavy atom. The zero-order chi connectivity index (χ0) is 21.8. The van der Waals surface area contributed by atoms with Gasteiger partial charge in [0, 0.05) is 56.4 Å². The number of anilines is 1. The maximum absolute atomic E-state index is 5.69. The Morgan fingerprint density at radius 1 is 0.719 bits per heavy atom.